The van der Waals surface area contributed by atoms with Crippen LogP contribution in [0.3, 0.4) is 0 Å². The molecule has 0 bridgehead atoms. The Morgan fingerprint density at radius 2 is 2.06 bits per heavy atom. The molecule has 0 heterocycles. The van der Waals surface area contributed by atoms with Crippen LogP contribution in [-0.2, 0) is 6.18 Å². The number of aliphatic hydroxyl groups is 1. The Balaban J connectivity index is 2.84. The minimum Gasteiger partial charge on any atom is -0.392 e. The van der Waals surface area contributed by atoms with Crippen molar-refractivity contribution in [1.82, 2.24) is 0 Å². The molecule has 2 nitrogen and oxygen atoms in total. The van der Waals surface area contributed by atoms with Gasteiger partial charge in [0.25, 0.3) is 0 Å². The summed E-state index contributed by atoms with van der Waals surface area (Å²) in [7, 11) is 0. The van der Waals surface area contributed by atoms with E-state index in [1.54, 1.807) is 6.92 Å². The lowest BCUT2D eigenvalue weighted by atomic mass is 10.2. The van der Waals surface area contributed by atoms with Crippen LogP contribution in [-0.4, -0.2) is 17.8 Å². The van der Waals surface area contributed by atoms with E-state index in [2.05, 4.69) is 5.32 Å². The SMILES string of the molecule is C[C@H](O)CNc1ccc(C(F)(F)F)cc1Cl. The Bertz CT molecular complexity index is 366. The standard InChI is InChI=1S/C10H11ClF3NO/c1-6(16)5-15-9-3-2-7(4-8(9)11)10(12,13)14/h2-4,6,15-16H,5H2,1H3/t6-/m0/s1. The van der Waals surface area contributed by atoms with Crippen LogP contribution in [0.4, 0.5) is 18.9 Å². The van der Waals surface area contributed by atoms with Crippen molar-refractivity contribution in [3.63, 3.8) is 0 Å². The van der Waals surface area contributed by atoms with Crippen LogP contribution in [0.25, 0.3) is 0 Å². The number of anilines is 1. The molecule has 0 radical (unpaired) electrons. The number of rotatable bonds is 3. The van der Waals surface area contributed by atoms with Crippen LogP contribution < -0.4 is 5.32 Å². The van der Waals surface area contributed by atoms with E-state index >= 15 is 0 Å². The highest BCUT2D eigenvalue weighted by atomic mass is 35.5. The molecule has 0 saturated heterocycles. The van der Waals surface area contributed by atoms with Gasteiger partial charge in [-0.1, -0.05) is 11.6 Å². The smallest absolute Gasteiger partial charge is 0.392 e. The number of hydrogen-bond acceptors (Lipinski definition) is 2. The third kappa shape index (κ3) is 3.57. The zero-order valence-corrected chi connectivity index (χ0v) is 9.23. The van der Waals surface area contributed by atoms with E-state index in [0.29, 0.717) is 5.69 Å². The summed E-state index contributed by atoms with van der Waals surface area (Å²) < 4.78 is 36.9. The molecule has 0 aliphatic rings. The molecule has 0 saturated carbocycles. The normalized spacial score (nSPS) is 13.6. The molecule has 0 aliphatic carbocycles. The highest BCUT2D eigenvalue weighted by Gasteiger charge is 2.30. The predicted molar refractivity (Wildman–Crippen MR) is 56.6 cm³/mol. The molecule has 1 aromatic rings. The summed E-state index contributed by atoms with van der Waals surface area (Å²) >= 11 is 5.67. The minimum absolute atomic E-state index is 0.0181. The molecular formula is C10H11ClF3NO. The van der Waals surface area contributed by atoms with Crippen molar-refractivity contribution in [2.75, 3.05) is 11.9 Å². The molecule has 0 unspecified atom stereocenters. The summed E-state index contributed by atoms with van der Waals surface area (Å²) in [5.74, 6) is 0. The summed E-state index contributed by atoms with van der Waals surface area (Å²) in [6.45, 7) is 1.79. The molecule has 1 atom stereocenters. The molecular weight excluding hydrogens is 243 g/mol. The maximum absolute atomic E-state index is 12.3. The predicted octanol–water partition coefficient (Wildman–Crippen LogP) is 3.15. The van der Waals surface area contributed by atoms with Gasteiger partial charge in [-0.3, -0.25) is 0 Å². The Morgan fingerprint density at radius 1 is 1.44 bits per heavy atom. The second-order valence-corrected chi connectivity index (χ2v) is 3.83. The maximum Gasteiger partial charge on any atom is 0.416 e. The van der Waals surface area contributed by atoms with Gasteiger partial charge >= 0.3 is 6.18 Å². The minimum atomic E-state index is -4.40. The van der Waals surface area contributed by atoms with E-state index in [-0.39, 0.29) is 11.6 Å². The van der Waals surface area contributed by atoms with Crippen molar-refractivity contribution < 1.29 is 18.3 Å². The van der Waals surface area contributed by atoms with Crippen molar-refractivity contribution in [3.8, 4) is 0 Å². The topological polar surface area (TPSA) is 32.3 Å². The summed E-state index contributed by atoms with van der Waals surface area (Å²) in [4.78, 5) is 0. The molecule has 16 heavy (non-hydrogen) atoms. The van der Waals surface area contributed by atoms with Crippen molar-refractivity contribution in [2.45, 2.75) is 19.2 Å². The summed E-state index contributed by atoms with van der Waals surface area (Å²) in [6, 6.07) is 3.04. The van der Waals surface area contributed by atoms with Crippen molar-refractivity contribution in [3.05, 3.63) is 28.8 Å². The monoisotopic (exact) mass is 253 g/mol. The maximum atomic E-state index is 12.3. The Labute approximate surface area is 96.0 Å². The molecule has 1 aromatic carbocycles. The third-order valence-electron chi connectivity index (χ3n) is 1.88. The fraction of sp³-hybridized carbons (Fsp3) is 0.400. The van der Waals surface area contributed by atoms with E-state index in [9.17, 15) is 13.2 Å². The van der Waals surface area contributed by atoms with Crippen molar-refractivity contribution >= 4 is 17.3 Å². The van der Waals surface area contributed by atoms with Crippen LogP contribution in [0, 0.1) is 0 Å². The molecule has 0 fully saturated rings. The molecule has 2 N–H and O–H groups in total. The molecule has 90 valence electrons. The lowest BCUT2D eigenvalue weighted by molar-refractivity contribution is -0.137. The lowest BCUT2D eigenvalue weighted by Crippen LogP contribution is -2.15. The molecule has 1 rings (SSSR count). The van der Waals surface area contributed by atoms with Crippen LogP contribution in [0.1, 0.15) is 12.5 Å². The van der Waals surface area contributed by atoms with Crippen molar-refractivity contribution in [1.29, 1.82) is 0 Å². The number of benzene rings is 1. The van der Waals surface area contributed by atoms with Gasteiger partial charge in [-0.2, -0.15) is 13.2 Å². The Kier molecular flexibility index (Phi) is 4.04. The Morgan fingerprint density at radius 3 is 2.50 bits per heavy atom. The van der Waals surface area contributed by atoms with Crippen LogP contribution in [0.2, 0.25) is 5.02 Å². The molecule has 0 amide bonds. The lowest BCUT2D eigenvalue weighted by Gasteiger charge is -2.12. The van der Waals surface area contributed by atoms with Crippen LogP contribution in [0.5, 0.6) is 0 Å². The van der Waals surface area contributed by atoms with E-state index in [1.807, 2.05) is 0 Å². The fourth-order valence-corrected chi connectivity index (χ4v) is 1.34. The summed E-state index contributed by atoms with van der Waals surface area (Å²) in [5, 5.41) is 11.7. The van der Waals surface area contributed by atoms with Gasteiger partial charge in [0.05, 0.1) is 22.4 Å². The van der Waals surface area contributed by atoms with Gasteiger partial charge in [-0.25, -0.2) is 0 Å². The van der Waals surface area contributed by atoms with Gasteiger partial charge < -0.3 is 10.4 Å². The fourth-order valence-electron chi connectivity index (χ4n) is 1.09. The highest BCUT2D eigenvalue weighted by Crippen LogP contribution is 2.33. The van der Waals surface area contributed by atoms with E-state index in [4.69, 9.17) is 16.7 Å². The van der Waals surface area contributed by atoms with E-state index < -0.39 is 17.8 Å². The van der Waals surface area contributed by atoms with Crippen LogP contribution in [0.15, 0.2) is 18.2 Å². The second-order valence-electron chi connectivity index (χ2n) is 3.42. The van der Waals surface area contributed by atoms with Gasteiger partial charge in [0.1, 0.15) is 0 Å². The van der Waals surface area contributed by atoms with Crippen LogP contribution >= 0.6 is 11.6 Å². The first-order valence-corrected chi connectivity index (χ1v) is 4.97. The third-order valence-corrected chi connectivity index (χ3v) is 2.20. The summed E-state index contributed by atoms with van der Waals surface area (Å²) in [6.07, 6.45) is -5.00. The van der Waals surface area contributed by atoms with E-state index in [1.165, 1.54) is 6.07 Å². The Hall–Kier alpha value is -0.940. The number of halogens is 4. The molecule has 0 aromatic heterocycles. The largest absolute Gasteiger partial charge is 0.416 e. The quantitative estimate of drug-likeness (QED) is 0.867. The van der Waals surface area contributed by atoms with Gasteiger partial charge in [0, 0.05) is 6.54 Å². The second kappa shape index (κ2) is 4.93. The number of alkyl halides is 3. The van der Waals surface area contributed by atoms with Gasteiger partial charge in [0.2, 0.25) is 0 Å². The average Bonchev–Trinajstić information content (AvgIpc) is 2.14. The molecule has 6 heteroatoms. The van der Waals surface area contributed by atoms with Gasteiger partial charge in [-0.05, 0) is 25.1 Å². The van der Waals surface area contributed by atoms with Crippen molar-refractivity contribution in [2.24, 2.45) is 0 Å². The van der Waals surface area contributed by atoms with Gasteiger partial charge in [0.15, 0.2) is 0 Å². The first kappa shape index (κ1) is 13.1. The first-order chi connectivity index (χ1) is 7.30. The number of hydrogen-bond donors (Lipinski definition) is 2. The zero-order chi connectivity index (χ0) is 12.3. The average molecular weight is 254 g/mol. The zero-order valence-electron chi connectivity index (χ0n) is 8.48. The molecule has 0 aliphatic heterocycles. The summed E-state index contributed by atoms with van der Waals surface area (Å²) in [5.41, 5.74) is -0.421. The number of nitrogens with one attached hydrogen (secondary N) is 1. The highest BCUT2D eigenvalue weighted by molar-refractivity contribution is 6.33. The number of aliphatic hydroxyl groups excluding tert-OH is 1. The van der Waals surface area contributed by atoms with E-state index in [0.717, 1.165) is 12.1 Å². The first-order valence-electron chi connectivity index (χ1n) is 4.59. The van der Waals surface area contributed by atoms with Gasteiger partial charge in [-0.15, -0.1) is 0 Å². The molecule has 0 spiro atoms.